The summed E-state index contributed by atoms with van der Waals surface area (Å²) in [7, 11) is 0. The average Bonchev–Trinajstić information content (AvgIpc) is 2.83. The SMILES string of the molecule is O=C(Cc1ccc(Cl)cc1)c1ccncc1.OC(Cc1ccc(Cl)cc1)c1ccncc1. The number of pyridine rings is 2. The van der Waals surface area contributed by atoms with Crippen molar-refractivity contribution in [2.24, 2.45) is 0 Å². The zero-order chi connectivity index (χ0) is 22.8. The maximum absolute atomic E-state index is 11.8. The Morgan fingerprint density at radius 3 is 1.72 bits per heavy atom. The van der Waals surface area contributed by atoms with Crippen LogP contribution in [0, 0.1) is 0 Å². The van der Waals surface area contributed by atoms with Crippen LogP contribution in [-0.4, -0.2) is 20.9 Å². The van der Waals surface area contributed by atoms with Crippen LogP contribution in [0.25, 0.3) is 0 Å². The van der Waals surface area contributed by atoms with Crippen LogP contribution < -0.4 is 0 Å². The molecule has 0 radical (unpaired) electrons. The molecule has 0 spiro atoms. The van der Waals surface area contributed by atoms with Gasteiger partial charge in [0.2, 0.25) is 0 Å². The first-order chi connectivity index (χ1) is 15.5. The summed E-state index contributed by atoms with van der Waals surface area (Å²) in [6.07, 6.45) is 7.08. The molecule has 2 aromatic heterocycles. The van der Waals surface area contributed by atoms with Crippen molar-refractivity contribution in [1.29, 1.82) is 0 Å². The highest BCUT2D eigenvalue weighted by Crippen LogP contribution is 2.19. The summed E-state index contributed by atoms with van der Waals surface area (Å²) in [5.74, 6) is 0.0877. The Bertz CT molecular complexity index is 1100. The molecule has 0 saturated carbocycles. The van der Waals surface area contributed by atoms with Crippen LogP contribution in [-0.2, 0) is 12.8 Å². The molecular formula is C26H22Cl2N2O2. The number of halogens is 2. The molecule has 0 aliphatic rings. The Balaban J connectivity index is 0.000000181. The fourth-order valence-corrected chi connectivity index (χ4v) is 3.23. The monoisotopic (exact) mass is 464 g/mol. The number of benzene rings is 2. The van der Waals surface area contributed by atoms with E-state index in [2.05, 4.69) is 9.97 Å². The lowest BCUT2D eigenvalue weighted by molar-refractivity contribution is 0.0993. The summed E-state index contributed by atoms with van der Waals surface area (Å²) in [5.41, 5.74) is 3.59. The van der Waals surface area contributed by atoms with Crippen molar-refractivity contribution < 1.29 is 9.90 Å². The second-order valence-electron chi connectivity index (χ2n) is 7.09. The number of carbonyl (C=O) groups is 1. The van der Waals surface area contributed by atoms with E-state index in [-0.39, 0.29) is 5.78 Å². The Hall–Kier alpha value is -3.05. The highest BCUT2D eigenvalue weighted by Gasteiger charge is 2.08. The predicted molar refractivity (Wildman–Crippen MR) is 128 cm³/mol. The van der Waals surface area contributed by atoms with E-state index in [1.807, 2.05) is 48.5 Å². The van der Waals surface area contributed by atoms with E-state index in [1.54, 1.807) is 49.1 Å². The van der Waals surface area contributed by atoms with Gasteiger partial charge in [-0.1, -0.05) is 47.5 Å². The Morgan fingerprint density at radius 2 is 1.19 bits per heavy atom. The van der Waals surface area contributed by atoms with Gasteiger partial charge < -0.3 is 5.11 Å². The zero-order valence-corrected chi connectivity index (χ0v) is 18.7. The Morgan fingerprint density at radius 1 is 0.719 bits per heavy atom. The molecule has 4 aromatic rings. The van der Waals surface area contributed by atoms with Gasteiger partial charge >= 0.3 is 0 Å². The van der Waals surface area contributed by atoms with Gasteiger partial charge in [-0.2, -0.15) is 0 Å². The first-order valence-corrected chi connectivity index (χ1v) is 10.8. The molecule has 6 heteroatoms. The lowest BCUT2D eigenvalue weighted by Crippen LogP contribution is -2.03. The normalized spacial score (nSPS) is 11.2. The van der Waals surface area contributed by atoms with Crippen LogP contribution in [0.1, 0.15) is 33.2 Å². The van der Waals surface area contributed by atoms with E-state index >= 15 is 0 Å². The second-order valence-corrected chi connectivity index (χ2v) is 7.96. The van der Waals surface area contributed by atoms with Gasteiger partial charge in [-0.15, -0.1) is 0 Å². The Labute approximate surface area is 197 Å². The van der Waals surface area contributed by atoms with Crippen LogP contribution in [0.3, 0.4) is 0 Å². The van der Waals surface area contributed by atoms with E-state index < -0.39 is 6.10 Å². The molecule has 0 amide bonds. The van der Waals surface area contributed by atoms with E-state index in [0.29, 0.717) is 28.5 Å². The minimum Gasteiger partial charge on any atom is -0.388 e. The predicted octanol–water partition coefficient (Wildman–Crippen LogP) is 6.17. The maximum atomic E-state index is 11.8. The van der Waals surface area contributed by atoms with E-state index in [4.69, 9.17) is 23.2 Å². The van der Waals surface area contributed by atoms with Crippen LogP contribution in [0.2, 0.25) is 10.0 Å². The molecule has 162 valence electrons. The highest BCUT2D eigenvalue weighted by molar-refractivity contribution is 6.30. The fourth-order valence-electron chi connectivity index (χ4n) is 2.97. The number of aliphatic hydroxyl groups is 1. The molecule has 1 atom stereocenters. The van der Waals surface area contributed by atoms with Gasteiger partial charge in [0.15, 0.2) is 5.78 Å². The molecule has 4 nitrogen and oxygen atoms in total. The third-order valence-electron chi connectivity index (χ3n) is 4.71. The van der Waals surface area contributed by atoms with Gasteiger partial charge in [0, 0.05) is 53.2 Å². The van der Waals surface area contributed by atoms with Crippen molar-refractivity contribution >= 4 is 29.0 Å². The third kappa shape index (κ3) is 7.57. The second kappa shape index (κ2) is 12.1. The summed E-state index contributed by atoms with van der Waals surface area (Å²) in [6.45, 7) is 0. The smallest absolute Gasteiger partial charge is 0.167 e. The number of ketones is 1. The number of aromatic nitrogens is 2. The first-order valence-electron chi connectivity index (χ1n) is 10.0. The molecule has 2 heterocycles. The number of carbonyl (C=O) groups excluding carboxylic acids is 1. The first kappa shape index (κ1) is 23.6. The molecule has 32 heavy (non-hydrogen) atoms. The van der Waals surface area contributed by atoms with Crippen molar-refractivity contribution in [3.8, 4) is 0 Å². The number of rotatable bonds is 6. The van der Waals surface area contributed by atoms with Crippen LogP contribution >= 0.6 is 23.2 Å². The van der Waals surface area contributed by atoms with Crippen LogP contribution in [0.4, 0.5) is 0 Å². The largest absolute Gasteiger partial charge is 0.388 e. The molecular weight excluding hydrogens is 443 g/mol. The number of nitrogens with zero attached hydrogens (tertiary/aromatic N) is 2. The topological polar surface area (TPSA) is 63.1 Å². The van der Waals surface area contributed by atoms with Gasteiger partial charge in [0.05, 0.1) is 6.10 Å². The molecule has 0 aliphatic heterocycles. The van der Waals surface area contributed by atoms with E-state index in [0.717, 1.165) is 16.7 Å². The quantitative estimate of drug-likeness (QED) is 0.346. The van der Waals surface area contributed by atoms with Crippen molar-refractivity contribution in [1.82, 2.24) is 9.97 Å². The number of hydrogen-bond acceptors (Lipinski definition) is 4. The number of Topliss-reactive ketones (excluding diaryl/α,β-unsaturated/α-hetero) is 1. The minimum atomic E-state index is -0.496. The summed E-state index contributed by atoms with van der Waals surface area (Å²) in [4.78, 5) is 19.6. The van der Waals surface area contributed by atoms with Crippen molar-refractivity contribution in [3.63, 3.8) is 0 Å². The fraction of sp³-hybridized carbons (Fsp3) is 0.115. The molecule has 4 rings (SSSR count). The van der Waals surface area contributed by atoms with E-state index in [1.165, 1.54) is 0 Å². The molecule has 2 aromatic carbocycles. The maximum Gasteiger partial charge on any atom is 0.167 e. The Kier molecular flexibility index (Phi) is 8.93. The molecule has 0 aliphatic carbocycles. The summed E-state index contributed by atoms with van der Waals surface area (Å²) < 4.78 is 0. The molecule has 1 N–H and O–H groups in total. The molecule has 1 unspecified atom stereocenters. The summed E-state index contributed by atoms with van der Waals surface area (Å²) in [5, 5.41) is 11.4. The van der Waals surface area contributed by atoms with Gasteiger partial charge in [-0.25, -0.2) is 0 Å². The van der Waals surface area contributed by atoms with Gasteiger partial charge in [-0.05, 0) is 65.2 Å². The van der Waals surface area contributed by atoms with Crippen LogP contribution in [0.5, 0.6) is 0 Å². The number of hydrogen-bond donors (Lipinski definition) is 1. The molecule has 0 fully saturated rings. The van der Waals surface area contributed by atoms with Crippen LogP contribution in [0.15, 0.2) is 97.6 Å². The van der Waals surface area contributed by atoms with Crippen molar-refractivity contribution in [2.45, 2.75) is 18.9 Å². The van der Waals surface area contributed by atoms with Gasteiger partial charge in [0.1, 0.15) is 0 Å². The van der Waals surface area contributed by atoms with Crippen molar-refractivity contribution in [2.75, 3.05) is 0 Å². The lowest BCUT2D eigenvalue weighted by atomic mass is 10.0. The van der Waals surface area contributed by atoms with Gasteiger partial charge in [-0.3, -0.25) is 14.8 Å². The van der Waals surface area contributed by atoms with E-state index in [9.17, 15) is 9.90 Å². The number of aliphatic hydroxyl groups excluding tert-OH is 1. The third-order valence-corrected chi connectivity index (χ3v) is 5.22. The van der Waals surface area contributed by atoms with Gasteiger partial charge in [0.25, 0.3) is 0 Å². The highest BCUT2D eigenvalue weighted by atomic mass is 35.5. The zero-order valence-electron chi connectivity index (χ0n) is 17.2. The molecule has 0 saturated heterocycles. The average molecular weight is 465 g/mol. The summed E-state index contributed by atoms with van der Waals surface area (Å²) >= 11 is 11.6. The minimum absolute atomic E-state index is 0.0877. The standard InChI is InChI=1S/C13H12ClNO.C13H10ClNO/c2*14-12-3-1-10(2-4-12)9-13(16)11-5-7-15-8-6-11/h1-8,13,16H,9H2;1-8H,9H2. The lowest BCUT2D eigenvalue weighted by Gasteiger charge is -2.10. The summed E-state index contributed by atoms with van der Waals surface area (Å²) in [6, 6.07) is 21.9. The molecule has 0 bridgehead atoms. The van der Waals surface area contributed by atoms with Crippen molar-refractivity contribution in [3.05, 3.63) is 130 Å².